The summed E-state index contributed by atoms with van der Waals surface area (Å²) in [7, 11) is 1.66. The van der Waals surface area contributed by atoms with Gasteiger partial charge in [0.05, 0.1) is 25.1 Å². The smallest absolute Gasteiger partial charge is 0.308 e. The first-order valence-electron chi connectivity index (χ1n) is 11.6. The number of aryl methyl sites for hydroxylation is 1. The number of hydrogen-bond acceptors (Lipinski definition) is 4. The predicted octanol–water partition coefficient (Wildman–Crippen LogP) is 4.78. The van der Waals surface area contributed by atoms with Crippen molar-refractivity contribution < 1.29 is 19.0 Å². The van der Waals surface area contributed by atoms with Gasteiger partial charge in [0, 0.05) is 23.7 Å². The van der Waals surface area contributed by atoms with Crippen LogP contribution in [-0.2, 0) is 11.2 Å². The number of likely N-dealkylation sites (tertiary alicyclic amines) is 1. The van der Waals surface area contributed by atoms with Crippen molar-refractivity contribution in [1.82, 2.24) is 9.88 Å². The molecule has 4 rings (SSSR count). The summed E-state index contributed by atoms with van der Waals surface area (Å²) in [5, 5.41) is 10.9. The molecule has 2 aromatic carbocycles. The number of fused-ring (bicyclic) bond motifs is 1. The van der Waals surface area contributed by atoms with E-state index in [0.29, 0.717) is 13.1 Å². The third kappa shape index (κ3) is 5.92. The number of ether oxygens (including phenoxy) is 1. The Morgan fingerprint density at radius 2 is 2.06 bits per heavy atom. The molecule has 6 heteroatoms. The van der Waals surface area contributed by atoms with Crippen LogP contribution in [0, 0.1) is 29.5 Å². The SMILES string of the molecule is COc1ccc2nccc(CCC[C@@H]3CCN(CC#Cc4ccc(F)cc4)C[C@@H]3C(=O)O)c2c1. The molecular formula is C28H29FN2O3. The molecule has 176 valence electrons. The van der Waals surface area contributed by atoms with Crippen LogP contribution in [0.15, 0.2) is 54.7 Å². The molecule has 0 amide bonds. The van der Waals surface area contributed by atoms with Gasteiger partial charge in [0.1, 0.15) is 11.6 Å². The summed E-state index contributed by atoms with van der Waals surface area (Å²) < 4.78 is 18.4. The zero-order valence-electron chi connectivity index (χ0n) is 19.3. The van der Waals surface area contributed by atoms with Gasteiger partial charge in [-0.25, -0.2) is 4.39 Å². The van der Waals surface area contributed by atoms with E-state index in [2.05, 4.69) is 21.7 Å². The average Bonchev–Trinajstić information content (AvgIpc) is 2.85. The first kappa shape index (κ1) is 23.7. The van der Waals surface area contributed by atoms with Gasteiger partial charge in [-0.2, -0.15) is 0 Å². The lowest BCUT2D eigenvalue weighted by Crippen LogP contribution is -2.44. The van der Waals surface area contributed by atoms with Gasteiger partial charge in [-0.15, -0.1) is 0 Å². The Labute approximate surface area is 199 Å². The second-order valence-electron chi connectivity index (χ2n) is 8.78. The lowest BCUT2D eigenvalue weighted by Gasteiger charge is -2.35. The molecule has 1 aliphatic rings. The maximum absolute atomic E-state index is 13.0. The molecule has 1 N–H and O–H groups in total. The first-order valence-corrected chi connectivity index (χ1v) is 11.6. The molecule has 3 aromatic rings. The quantitative estimate of drug-likeness (QED) is 0.514. The van der Waals surface area contributed by atoms with Crippen LogP contribution in [0.2, 0.25) is 0 Å². The molecule has 34 heavy (non-hydrogen) atoms. The zero-order chi connectivity index (χ0) is 23.9. The summed E-state index contributed by atoms with van der Waals surface area (Å²) in [6, 6.07) is 14.0. The van der Waals surface area contributed by atoms with E-state index >= 15 is 0 Å². The molecular weight excluding hydrogens is 431 g/mol. The van der Waals surface area contributed by atoms with Crippen molar-refractivity contribution in [3.63, 3.8) is 0 Å². The normalized spacial score (nSPS) is 18.3. The number of piperidine rings is 1. The van der Waals surface area contributed by atoms with Gasteiger partial charge in [-0.1, -0.05) is 11.8 Å². The average molecular weight is 461 g/mol. The standard InChI is InChI=1S/C28H29FN2O3/c1-34-24-11-12-27-25(18-24)21(13-15-30-27)5-2-6-22-14-17-31(19-26(22)28(32)33)16-3-4-20-7-9-23(29)10-8-20/h7-13,15,18,22,26H,2,5-6,14,16-17,19H2,1H3,(H,32,33)/t22-,26+/m1/s1. The summed E-state index contributed by atoms with van der Waals surface area (Å²) in [5.74, 6) is 5.68. The molecule has 1 aromatic heterocycles. The number of halogens is 1. The van der Waals surface area contributed by atoms with Crippen LogP contribution in [0.1, 0.15) is 30.4 Å². The maximum Gasteiger partial charge on any atom is 0.308 e. The lowest BCUT2D eigenvalue weighted by atomic mass is 9.81. The summed E-state index contributed by atoms with van der Waals surface area (Å²) in [4.78, 5) is 18.5. The van der Waals surface area contributed by atoms with Crippen molar-refractivity contribution in [3.05, 3.63) is 71.7 Å². The first-order chi connectivity index (χ1) is 16.5. The summed E-state index contributed by atoms with van der Waals surface area (Å²) in [6.45, 7) is 1.86. The minimum atomic E-state index is -0.736. The number of nitrogens with zero attached hydrogens (tertiary/aromatic N) is 2. The Kier molecular flexibility index (Phi) is 7.76. The van der Waals surface area contributed by atoms with Crippen molar-refractivity contribution in [3.8, 4) is 17.6 Å². The van der Waals surface area contributed by atoms with Gasteiger partial charge in [-0.05, 0) is 92.2 Å². The number of carboxylic acid groups (broad SMARTS) is 1. The second kappa shape index (κ2) is 11.1. The fraction of sp³-hybridized carbons (Fsp3) is 0.357. The van der Waals surface area contributed by atoms with Gasteiger partial charge in [0.2, 0.25) is 0 Å². The van der Waals surface area contributed by atoms with Crippen LogP contribution in [0.5, 0.6) is 5.75 Å². The highest BCUT2D eigenvalue weighted by Crippen LogP contribution is 2.30. The van der Waals surface area contributed by atoms with E-state index in [4.69, 9.17) is 4.74 Å². The molecule has 2 heterocycles. The number of pyridine rings is 1. The molecule has 1 saturated heterocycles. The monoisotopic (exact) mass is 460 g/mol. The van der Waals surface area contributed by atoms with E-state index in [1.165, 1.54) is 17.7 Å². The van der Waals surface area contributed by atoms with Crippen LogP contribution in [0.4, 0.5) is 4.39 Å². The van der Waals surface area contributed by atoms with Crippen molar-refractivity contribution in [2.75, 3.05) is 26.7 Å². The number of carboxylic acids is 1. The van der Waals surface area contributed by atoms with Crippen molar-refractivity contribution in [2.24, 2.45) is 11.8 Å². The number of carbonyl (C=O) groups is 1. The highest BCUT2D eigenvalue weighted by Gasteiger charge is 2.33. The highest BCUT2D eigenvalue weighted by atomic mass is 19.1. The molecule has 1 aliphatic heterocycles. The third-order valence-corrected chi connectivity index (χ3v) is 6.60. The molecule has 5 nitrogen and oxygen atoms in total. The fourth-order valence-corrected chi connectivity index (χ4v) is 4.71. The second-order valence-corrected chi connectivity index (χ2v) is 8.78. The summed E-state index contributed by atoms with van der Waals surface area (Å²) >= 11 is 0. The van der Waals surface area contributed by atoms with E-state index in [0.717, 1.165) is 54.4 Å². The minimum absolute atomic E-state index is 0.154. The van der Waals surface area contributed by atoms with E-state index in [1.807, 2.05) is 30.5 Å². The maximum atomic E-state index is 13.0. The molecule has 2 atom stereocenters. The Morgan fingerprint density at radius 3 is 2.82 bits per heavy atom. The number of benzene rings is 2. The summed E-state index contributed by atoms with van der Waals surface area (Å²) in [6.07, 6.45) is 5.35. The van der Waals surface area contributed by atoms with Crippen molar-refractivity contribution in [1.29, 1.82) is 0 Å². The van der Waals surface area contributed by atoms with Gasteiger partial charge in [0.15, 0.2) is 0 Å². The minimum Gasteiger partial charge on any atom is -0.497 e. The lowest BCUT2D eigenvalue weighted by molar-refractivity contribution is -0.146. The van der Waals surface area contributed by atoms with Gasteiger partial charge in [0.25, 0.3) is 0 Å². The van der Waals surface area contributed by atoms with Crippen LogP contribution in [0.3, 0.4) is 0 Å². The number of hydrogen-bond donors (Lipinski definition) is 1. The van der Waals surface area contributed by atoms with E-state index < -0.39 is 11.9 Å². The largest absolute Gasteiger partial charge is 0.497 e. The third-order valence-electron chi connectivity index (χ3n) is 6.60. The Morgan fingerprint density at radius 1 is 1.24 bits per heavy atom. The number of rotatable bonds is 7. The number of aromatic nitrogens is 1. The van der Waals surface area contributed by atoms with E-state index in [9.17, 15) is 14.3 Å². The molecule has 0 spiro atoms. The number of methoxy groups -OCH3 is 1. The Bertz CT molecular complexity index is 1200. The predicted molar refractivity (Wildman–Crippen MR) is 130 cm³/mol. The van der Waals surface area contributed by atoms with Crippen LogP contribution in [-0.4, -0.2) is 47.7 Å². The zero-order valence-corrected chi connectivity index (χ0v) is 19.3. The molecule has 0 radical (unpaired) electrons. The number of aliphatic carboxylic acids is 1. The Balaban J connectivity index is 1.33. The molecule has 0 aliphatic carbocycles. The van der Waals surface area contributed by atoms with Crippen molar-refractivity contribution in [2.45, 2.75) is 25.7 Å². The Hall–Kier alpha value is -3.43. The van der Waals surface area contributed by atoms with E-state index in [-0.39, 0.29) is 11.7 Å². The fourth-order valence-electron chi connectivity index (χ4n) is 4.71. The van der Waals surface area contributed by atoms with Crippen LogP contribution < -0.4 is 4.74 Å². The topological polar surface area (TPSA) is 62.7 Å². The molecule has 0 bridgehead atoms. The summed E-state index contributed by atoms with van der Waals surface area (Å²) in [5.41, 5.74) is 2.91. The van der Waals surface area contributed by atoms with Gasteiger partial charge < -0.3 is 9.84 Å². The van der Waals surface area contributed by atoms with Crippen molar-refractivity contribution >= 4 is 16.9 Å². The van der Waals surface area contributed by atoms with Crippen LogP contribution in [0.25, 0.3) is 10.9 Å². The molecule has 0 unspecified atom stereocenters. The van der Waals surface area contributed by atoms with Gasteiger partial charge in [-0.3, -0.25) is 14.7 Å². The van der Waals surface area contributed by atoms with Gasteiger partial charge >= 0.3 is 5.97 Å². The molecule has 0 saturated carbocycles. The highest BCUT2D eigenvalue weighted by molar-refractivity contribution is 5.83. The van der Waals surface area contributed by atoms with Crippen LogP contribution >= 0.6 is 0 Å². The van der Waals surface area contributed by atoms with E-state index in [1.54, 1.807) is 19.2 Å². The molecule has 1 fully saturated rings.